The van der Waals surface area contributed by atoms with E-state index in [0.29, 0.717) is 0 Å². The average molecular weight is 109 g/mol. The van der Waals surface area contributed by atoms with Crippen LogP contribution in [0.2, 0.25) is 0 Å². The number of hydrogen-bond acceptors (Lipinski definition) is 2. The first kappa shape index (κ1) is 5.04. The van der Waals surface area contributed by atoms with Crippen molar-refractivity contribution in [1.82, 2.24) is 0 Å². The summed E-state index contributed by atoms with van der Waals surface area (Å²) in [4.78, 5) is 0. The van der Waals surface area contributed by atoms with E-state index in [1.54, 1.807) is 0 Å². The van der Waals surface area contributed by atoms with Gasteiger partial charge in [-0.25, -0.2) is 8.61 Å². The molecule has 4 heteroatoms. The molecule has 2 nitrogen and oxygen atoms in total. The summed E-state index contributed by atoms with van der Waals surface area (Å²) in [5, 5.41) is 0. The molecule has 1 atom stereocenters. The molecule has 0 aromatic heterocycles. The van der Waals surface area contributed by atoms with Crippen LogP contribution >= 0.6 is 0 Å². The highest BCUT2D eigenvalue weighted by Crippen LogP contribution is 1.53. The molecular formula is CH3NOS2. The second kappa shape index (κ2) is 2.29. The minimum absolute atomic E-state index is 1.75. The molecule has 0 radical (unpaired) electrons. The third-order valence-corrected chi connectivity index (χ3v) is 0.693. The molecule has 0 aliphatic carbocycles. The third-order valence-electron chi connectivity index (χ3n) is 0.115. The standard InChI is InChI=1S/CH3NOS2/c1-2-5(3)4/h5H,1H2. The summed E-state index contributed by atoms with van der Waals surface area (Å²) in [6.45, 7) is 2.92. The molecular weight excluding hydrogens is 106 g/mol. The first-order chi connectivity index (χ1) is 2.27. The number of rotatable bonds is 1. The second-order valence-electron chi connectivity index (χ2n) is 0.379. The number of thiol groups is 1. The predicted octanol–water partition coefficient (Wildman–Crippen LogP) is -0.455. The fourth-order valence-electron chi connectivity index (χ4n) is 0. The van der Waals surface area contributed by atoms with Crippen LogP contribution in [0, 0.1) is 0 Å². The van der Waals surface area contributed by atoms with E-state index < -0.39 is 9.54 Å². The molecule has 0 heterocycles. The van der Waals surface area contributed by atoms with E-state index in [1.807, 2.05) is 0 Å². The van der Waals surface area contributed by atoms with Gasteiger partial charge in [0.25, 0.3) is 0 Å². The Hall–Kier alpha value is 0.0400. The van der Waals surface area contributed by atoms with Gasteiger partial charge in [0.1, 0.15) is 9.54 Å². The van der Waals surface area contributed by atoms with Crippen LogP contribution in [-0.2, 0) is 20.7 Å². The van der Waals surface area contributed by atoms with E-state index in [9.17, 15) is 4.21 Å². The first-order valence-electron chi connectivity index (χ1n) is 0.881. The zero-order valence-electron chi connectivity index (χ0n) is 2.42. The highest BCUT2D eigenvalue weighted by atomic mass is 32.8. The lowest BCUT2D eigenvalue weighted by atomic mass is 11.8. The maximum Gasteiger partial charge on any atom is 0.120 e. The van der Waals surface area contributed by atoms with Gasteiger partial charge in [0, 0.05) is 17.9 Å². The zero-order valence-corrected chi connectivity index (χ0v) is 4.13. The molecule has 0 spiro atoms. The van der Waals surface area contributed by atoms with E-state index in [4.69, 9.17) is 0 Å². The Morgan fingerprint density at radius 1 is 2.00 bits per heavy atom. The van der Waals surface area contributed by atoms with E-state index >= 15 is 0 Å². The van der Waals surface area contributed by atoms with Crippen molar-refractivity contribution in [3.8, 4) is 0 Å². The van der Waals surface area contributed by atoms with Crippen LogP contribution in [-0.4, -0.2) is 10.9 Å². The van der Waals surface area contributed by atoms with Crippen molar-refractivity contribution < 1.29 is 4.21 Å². The van der Waals surface area contributed by atoms with Crippen LogP contribution in [0.4, 0.5) is 0 Å². The summed E-state index contributed by atoms with van der Waals surface area (Å²) in [5.74, 6) is 0. The molecule has 0 bridgehead atoms. The SMILES string of the molecule is C=N[SH](=O)=S. The summed E-state index contributed by atoms with van der Waals surface area (Å²) in [7, 11) is -1.75. The summed E-state index contributed by atoms with van der Waals surface area (Å²) in [5.41, 5.74) is 0. The lowest BCUT2D eigenvalue weighted by Gasteiger charge is -1.55. The lowest BCUT2D eigenvalue weighted by Crippen LogP contribution is -1.52. The van der Waals surface area contributed by atoms with Crippen molar-refractivity contribution in [2.75, 3.05) is 0 Å². The Labute approximate surface area is 36.8 Å². The second-order valence-corrected chi connectivity index (χ2v) is 2.07. The molecule has 0 aromatic rings. The number of nitrogens with zero attached hydrogens (tertiary/aromatic N) is 1. The van der Waals surface area contributed by atoms with E-state index in [2.05, 4.69) is 22.3 Å². The quantitative estimate of drug-likeness (QED) is 0.365. The predicted molar refractivity (Wildman–Crippen MR) is 26.5 cm³/mol. The van der Waals surface area contributed by atoms with Gasteiger partial charge in [0.2, 0.25) is 0 Å². The Morgan fingerprint density at radius 2 is 2.20 bits per heavy atom. The van der Waals surface area contributed by atoms with Gasteiger partial charge in [0.05, 0.1) is 0 Å². The average Bonchev–Trinajstić information content (AvgIpc) is 1.38. The summed E-state index contributed by atoms with van der Waals surface area (Å²) in [6, 6.07) is 0. The maximum atomic E-state index is 9.55. The van der Waals surface area contributed by atoms with Gasteiger partial charge < -0.3 is 0 Å². The van der Waals surface area contributed by atoms with Crippen molar-refractivity contribution in [3.05, 3.63) is 0 Å². The van der Waals surface area contributed by atoms with Crippen LogP contribution < -0.4 is 0 Å². The normalized spacial score (nSPS) is 13.6. The molecule has 1 unspecified atom stereocenters. The van der Waals surface area contributed by atoms with Gasteiger partial charge in [-0.3, -0.25) is 0 Å². The van der Waals surface area contributed by atoms with Crippen molar-refractivity contribution >= 4 is 27.5 Å². The highest BCUT2D eigenvalue weighted by Gasteiger charge is 1.49. The Kier molecular flexibility index (Phi) is 2.31. The molecule has 0 N–H and O–H groups in total. The van der Waals surface area contributed by atoms with Gasteiger partial charge in [0.15, 0.2) is 0 Å². The van der Waals surface area contributed by atoms with Crippen molar-refractivity contribution in [3.63, 3.8) is 0 Å². The molecule has 0 saturated carbocycles. The van der Waals surface area contributed by atoms with Crippen LogP contribution in [0.1, 0.15) is 0 Å². The summed E-state index contributed by atoms with van der Waals surface area (Å²) >= 11 is 4.06. The molecule has 30 valence electrons. The van der Waals surface area contributed by atoms with Gasteiger partial charge in [-0.2, -0.15) is 0 Å². The Bertz CT molecular complexity index is 85.8. The smallest absolute Gasteiger partial charge is 0.120 e. The van der Waals surface area contributed by atoms with Crippen LogP contribution in [0.5, 0.6) is 0 Å². The van der Waals surface area contributed by atoms with Gasteiger partial charge in [-0.05, 0) is 0 Å². The third kappa shape index (κ3) is 4.04. The molecule has 0 rings (SSSR count). The van der Waals surface area contributed by atoms with Crippen molar-refractivity contribution in [2.45, 2.75) is 0 Å². The summed E-state index contributed by atoms with van der Waals surface area (Å²) < 4.78 is 12.5. The van der Waals surface area contributed by atoms with Crippen LogP contribution in [0.15, 0.2) is 4.40 Å². The van der Waals surface area contributed by atoms with Gasteiger partial charge in [-0.15, -0.1) is 0 Å². The Morgan fingerprint density at radius 3 is 2.20 bits per heavy atom. The van der Waals surface area contributed by atoms with E-state index in [0.717, 1.165) is 0 Å². The molecule has 0 aliphatic rings. The van der Waals surface area contributed by atoms with Crippen molar-refractivity contribution in [1.29, 1.82) is 0 Å². The molecule has 5 heavy (non-hydrogen) atoms. The fraction of sp³-hybridized carbons (Fsp3) is 0. The first-order valence-corrected chi connectivity index (χ1v) is 3.11. The summed E-state index contributed by atoms with van der Waals surface area (Å²) in [6.07, 6.45) is 0. The van der Waals surface area contributed by atoms with Crippen LogP contribution in [0.25, 0.3) is 0 Å². The topological polar surface area (TPSA) is 29.4 Å². The van der Waals surface area contributed by atoms with Gasteiger partial charge >= 0.3 is 0 Å². The largest absolute Gasteiger partial charge is 0.237 e. The molecule has 0 amide bonds. The van der Waals surface area contributed by atoms with E-state index in [1.165, 1.54) is 0 Å². The molecule has 0 fully saturated rings. The zero-order chi connectivity index (χ0) is 4.28. The highest BCUT2D eigenvalue weighted by molar-refractivity contribution is 8.21. The van der Waals surface area contributed by atoms with Crippen LogP contribution in [0.3, 0.4) is 0 Å². The fourth-order valence-corrected chi connectivity index (χ4v) is 0. The minimum Gasteiger partial charge on any atom is -0.237 e. The molecule has 0 saturated heterocycles. The minimum atomic E-state index is -1.75. The van der Waals surface area contributed by atoms with E-state index in [-0.39, 0.29) is 0 Å². The monoisotopic (exact) mass is 109 g/mol. The molecule has 0 aliphatic heterocycles. The Balaban J connectivity index is 3.69. The lowest BCUT2D eigenvalue weighted by molar-refractivity contribution is 0.694. The van der Waals surface area contributed by atoms with Gasteiger partial charge in [-0.1, -0.05) is 0 Å². The van der Waals surface area contributed by atoms with Crippen molar-refractivity contribution in [2.24, 2.45) is 4.40 Å². The number of hydrogen-bond donors (Lipinski definition) is 1. The maximum absolute atomic E-state index is 9.55. The molecule has 0 aromatic carbocycles.